The van der Waals surface area contributed by atoms with Gasteiger partial charge in [-0.3, -0.25) is 14.5 Å². The van der Waals surface area contributed by atoms with Gasteiger partial charge in [-0.2, -0.15) is 0 Å². The average Bonchev–Trinajstić information content (AvgIpc) is 2.40. The molecule has 6 heteroatoms. The van der Waals surface area contributed by atoms with Gasteiger partial charge in [0.1, 0.15) is 0 Å². The van der Waals surface area contributed by atoms with Crippen molar-refractivity contribution in [1.29, 1.82) is 0 Å². The second kappa shape index (κ2) is 9.17. The first-order chi connectivity index (χ1) is 10.4. The Hall–Kier alpha value is -1.92. The van der Waals surface area contributed by atoms with Crippen molar-refractivity contribution < 1.29 is 14.3 Å². The third-order valence-corrected chi connectivity index (χ3v) is 2.95. The molecule has 122 valence electrons. The molecule has 1 rings (SSSR count). The highest BCUT2D eigenvalue weighted by Crippen LogP contribution is 2.20. The van der Waals surface area contributed by atoms with Crippen molar-refractivity contribution in [1.82, 2.24) is 4.90 Å². The molecule has 0 bridgehead atoms. The summed E-state index contributed by atoms with van der Waals surface area (Å²) < 4.78 is 5.45. The van der Waals surface area contributed by atoms with E-state index < -0.39 is 0 Å². The van der Waals surface area contributed by atoms with E-state index >= 15 is 0 Å². The molecule has 1 aromatic rings. The molecule has 0 heterocycles. The van der Waals surface area contributed by atoms with Gasteiger partial charge in [-0.15, -0.1) is 0 Å². The lowest BCUT2D eigenvalue weighted by Crippen LogP contribution is -2.35. The highest BCUT2D eigenvalue weighted by molar-refractivity contribution is 5.99. The van der Waals surface area contributed by atoms with Crippen LogP contribution in [0.15, 0.2) is 24.3 Å². The van der Waals surface area contributed by atoms with E-state index in [0.29, 0.717) is 24.5 Å². The Morgan fingerprint density at radius 3 is 2.36 bits per heavy atom. The molecule has 0 radical (unpaired) electrons. The smallest absolute Gasteiger partial charge is 0.238 e. The van der Waals surface area contributed by atoms with Crippen LogP contribution >= 0.6 is 0 Å². The van der Waals surface area contributed by atoms with Crippen molar-refractivity contribution in [3.63, 3.8) is 0 Å². The van der Waals surface area contributed by atoms with Gasteiger partial charge in [0.2, 0.25) is 11.8 Å². The van der Waals surface area contributed by atoms with Crippen molar-refractivity contribution in [3.05, 3.63) is 24.3 Å². The van der Waals surface area contributed by atoms with Gasteiger partial charge in [0.05, 0.1) is 24.0 Å². The summed E-state index contributed by atoms with van der Waals surface area (Å²) in [6, 6.07) is 7.11. The number of carbonyl (C=O) groups is 2. The Balaban J connectivity index is 2.56. The van der Waals surface area contributed by atoms with Crippen LogP contribution in [0.1, 0.15) is 20.8 Å². The molecule has 0 aliphatic carbocycles. The minimum Gasteiger partial charge on any atom is -0.377 e. The molecule has 0 aliphatic rings. The fourth-order valence-corrected chi connectivity index (χ4v) is 2.17. The van der Waals surface area contributed by atoms with Crippen molar-refractivity contribution >= 4 is 23.2 Å². The van der Waals surface area contributed by atoms with E-state index in [1.807, 2.05) is 31.9 Å². The maximum absolute atomic E-state index is 12.1. The lowest BCUT2D eigenvalue weighted by atomic mass is 10.2. The summed E-state index contributed by atoms with van der Waals surface area (Å²) >= 11 is 0. The molecule has 0 aromatic heterocycles. The lowest BCUT2D eigenvalue weighted by molar-refractivity contribution is -0.117. The van der Waals surface area contributed by atoms with Crippen LogP contribution < -0.4 is 10.6 Å². The number of ether oxygens (including phenoxy) is 1. The maximum atomic E-state index is 12.1. The first-order valence-electron chi connectivity index (χ1n) is 7.39. The number of likely N-dealkylation sites (N-methyl/N-ethyl adjacent to an activating group) is 1. The van der Waals surface area contributed by atoms with Crippen molar-refractivity contribution in [3.8, 4) is 0 Å². The van der Waals surface area contributed by atoms with Crippen molar-refractivity contribution in [2.45, 2.75) is 26.9 Å². The molecule has 0 aliphatic heterocycles. The highest BCUT2D eigenvalue weighted by atomic mass is 16.5. The van der Waals surface area contributed by atoms with Crippen LogP contribution in [0.3, 0.4) is 0 Å². The third-order valence-electron chi connectivity index (χ3n) is 2.95. The van der Waals surface area contributed by atoms with E-state index in [1.54, 1.807) is 18.2 Å². The van der Waals surface area contributed by atoms with Gasteiger partial charge in [0.15, 0.2) is 0 Å². The van der Waals surface area contributed by atoms with Crippen LogP contribution in [0.25, 0.3) is 0 Å². The molecule has 1 atom stereocenters. The molecule has 1 aromatic carbocycles. The van der Waals surface area contributed by atoms with Crippen molar-refractivity contribution in [2.75, 3.05) is 37.4 Å². The van der Waals surface area contributed by atoms with Crippen LogP contribution in [0.5, 0.6) is 0 Å². The van der Waals surface area contributed by atoms with Crippen LogP contribution in [-0.4, -0.2) is 49.6 Å². The Morgan fingerprint density at radius 2 is 1.82 bits per heavy atom. The van der Waals surface area contributed by atoms with E-state index in [0.717, 1.165) is 0 Å². The largest absolute Gasteiger partial charge is 0.377 e. The van der Waals surface area contributed by atoms with Crippen LogP contribution in [0, 0.1) is 0 Å². The molecule has 0 fully saturated rings. The summed E-state index contributed by atoms with van der Waals surface area (Å²) in [4.78, 5) is 25.2. The van der Waals surface area contributed by atoms with Crippen LogP contribution in [-0.2, 0) is 14.3 Å². The van der Waals surface area contributed by atoms with Gasteiger partial charge in [0.25, 0.3) is 0 Å². The average molecular weight is 307 g/mol. The molecule has 22 heavy (non-hydrogen) atoms. The first-order valence-corrected chi connectivity index (χ1v) is 7.39. The van der Waals surface area contributed by atoms with E-state index in [-0.39, 0.29) is 24.5 Å². The zero-order valence-electron chi connectivity index (χ0n) is 13.7. The SMILES string of the molecule is CCO[C@H](C)CN(C)CC(=O)Nc1ccccc1NC(C)=O. The van der Waals surface area contributed by atoms with Gasteiger partial charge in [-0.25, -0.2) is 0 Å². The maximum Gasteiger partial charge on any atom is 0.238 e. The number of hydrogen-bond acceptors (Lipinski definition) is 4. The standard InChI is InChI=1S/C16H25N3O3/c1-5-22-12(2)10-19(4)11-16(21)18-15-9-7-6-8-14(15)17-13(3)20/h6-9,12H,5,10-11H2,1-4H3,(H,17,20)(H,18,21)/t12-/m1/s1. The number of hydrogen-bond donors (Lipinski definition) is 2. The van der Waals surface area contributed by atoms with Gasteiger partial charge in [-0.1, -0.05) is 12.1 Å². The quantitative estimate of drug-likeness (QED) is 0.770. The fourth-order valence-electron chi connectivity index (χ4n) is 2.17. The third kappa shape index (κ3) is 6.69. The summed E-state index contributed by atoms with van der Waals surface area (Å²) in [5, 5.41) is 5.51. The number of carbonyl (C=O) groups excluding carboxylic acids is 2. The first kappa shape index (κ1) is 18.1. The number of nitrogens with one attached hydrogen (secondary N) is 2. The predicted molar refractivity (Wildman–Crippen MR) is 88.0 cm³/mol. The molecule has 2 N–H and O–H groups in total. The van der Waals surface area contributed by atoms with Crippen molar-refractivity contribution in [2.24, 2.45) is 0 Å². The molecule has 0 unspecified atom stereocenters. The molecular formula is C16H25N3O3. The van der Waals surface area contributed by atoms with E-state index in [2.05, 4.69) is 10.6 Å². The summed E-state index contributed by atoms with van der Waals surface area (Å²) in [6.07, 6.45) is 0.0782. The Kier molecular flexibility index (Phi) is 7.56. The number of nitrogens with zero attached hydrogens (tertiary/aromatic N) is 1. The van der Waals surface area contributed by atoms with Gasteiger partial charge < -0.3 is 15.4 Å². The zero-order valence-corrected chi connectivity index (χ0v) is 13.7. The van der Waals surface area contributed by atoms with Crippen LogP contribution in [0.4, 0.5) is 11.4 Å². The molecule has 2 amide bonds. The number of para-hydroxylation sites is 2. The number of benzene rings is 1. The normalized spacial score (nSPS) is 12.0. The fraction of sp³-hybridized carbons (Fsp3) is 0.500. The van der Waals surface area contributed by atoms with Gasteiger partial charge in [-0.05, 0) is 33.0 Å². The van der Waals surface area contributed by atoms with E-state index in [9.17, 15) is 9.59 Å². The minimum absolute atomic E-state index is 0.0782. The van der Waals surface area contributed by atoms with Gasteiger partial charge >= 0.3 is 0 Å². The van der Waals surface area contributed by atoms with E-state index in [4.69, 9.17) is 4.74 Å². The molecular weight excluding hydrogens is 282 g/mol. The second-order valence-corrected chi connectivity index (χ2v) is 5.24. The number of amides is 2. The highest BCUT2D eigenvalue weighted by Gasteiger charge is 2.12. The van der Waals surface area contributed by atoms with Gasteiger partial charge in [0, 0.05) is 20.1 Å². The van der Waals surface area contributed by atoms with Crippen LogP contribution in [0.2, 0.25) is 0 Å². The molecule has 6 nitrogen and oxygen atoms in total. The Morgan fingerprint density at radius 1 is 1.23 bits per heavy atom. The summed E-state index contributed by atoms with van der Waals surface area (Å²) in [5.41, 5.74) is 1.18. The number of rotatable bonds is 8. The molecule has 0 saturated carbocycles. The monoisotopic (exact) mass is 307 g/mol. The summed E-state index contributed by atoms with van der Waals surface area (Å²) in [5.74, 6) is -0.312. The lowest BCUT2D eigenvalue weighted by Gasteiger charge is -2.21. The Labute approximate surface area is 131 Å². The summed E-state index contributed by atoms with van der Waals surface area (Å²) in [6.45, 7) is 6.94. The number of anilines is 2. The minimum atomic E-state index is -0.177. The molecule has 0 spiro atoms. The zero-order chi connectivity index (χ0) is 16.5. The second-order valence-electron chi connectivity index (χ2n) is 5.24. The van der Waals surface area contributed by atoms with E-state index in [1.165, 1.54) is 6.92 Å². The molecule has 0 saturated heterocycles. The topological polar surface area (TPSA) is 70.7 Å². The predicted octanol–water partition coefficient (Wildman–Crippen LogP) is 1.94. The summed E-state index contributed by atoms with van der Waals surface area (Å²) in [7, 11) is 1.87. The Bertz CT molecular complexity index is 505.